The van der Waals surface area contributed by atoms with Crippen LogP contribution >= 0.6 is 0 Å². The molecule has 0 aliphatic carbocycles. The van der Waals surface area contributed by atoms with Crippen molar-refractivity contribution in [2.24, 2.45) is 0 Å². The third kappa shape index (κ3) is 5.08. The molecule has 0 aromatic rings. The van der Waals surface area contributed by atoms with Gasteiger partial charge in [-0.15, -0.1) is 0 Å². The molecule has 2 spiro atoms. The van der Waals surface area contributed by atoms with Crippen molar-refractivity contribution in [2.45, 2.75) is 89.8 Å². The topological polar surface area (TPSA) is 49.0 Å². The molecule has 0 bridgehead atoms. The van der Waals surface area contributed by atoms with E-state index < -0.39 is 0 Å². The van der Waals surface area contributed by atoms with Gasteiger partial charge in [-0.25, -0.2) is 0 Å². The highest BCUT2D eigenvalue weighted by Gasteiger charge is 2.47. The lowest BCUT2D eigenvalue weighted by Crippen LogP contribution is -2.58. The molecule has 164 valence electrons. The first-order valence-corrected chi connectivity index (χ1v) is 11.3. The third-order valence-corrected chi connectivity index (χ3v) is 6.82. The van der Waals surface area contributed by atoms with E-state index in [0.717, 1.165) is 78.2 Å². The van der Waals surface area contributed by atoms with E-state index in [1.54, 1.807) is 0 Å². The summed E-state index contributed by atoms with van der Waals surface area (Å²) in [6, 6.07) is 0. The van der Waals surface area contributed by atoms with Crippen molar-refractivity contribution >= 4 is 0 Å². The van der Waals surface area contributed by atoms with Crippen molar-refractivity contribution < 1.29 is 9.47 Å². The molecule has 0 atom stereocenters. The number of hydrogen-bond acceptors (Lipinski definition) is 6. The summed E-state index contributed by atoms with van der Waals surface area (Å²) in [5.74, 6) is 0. The smallest absolute Gasteiger partial charge is 0.124 e. The molecular formula is C22H44N4O2. The zero-order valence-electron chi connectivity index (χ0n) is 19.2. The molecule has 28 heavy (non-hydrogen) atoms. The molecule has 0 unspecified atom stereocenters. The van der Waals surface area contributed by atoms with Gasteiger partial charge in [-0.05, 0) is 54.6 Å². The van der Waals surface area contributed by atoms with Crippen LogP contribution in [0.15, 0.2) is 0 Å². The average Bonchev–Trinajstić information content (AvgIpc) is 3.23. The van der Waals surface area contributed by atoms with E-state index in [1.165, 1.54) is 0 Å². The van der Waals surface area contributed by atoms with Crippen molar-refractivity contribution in [1.29, 1.82) is 0 Å². The number of hydrogen-bond donors (Lipinski definition) is 2. The van der Waals surface area contributed by atoms with Gasteiger partial charge in [0.2, 0.25) is 0 Å². The van der Waals surface area contributed by atoms with Gasteiger partial charge in [0.15, 0.2) is 0 Å². The fourth-order valence-corrected chi connectivity index (χ4v) is 5.22. The summed E-state index contributed by atoms with van der Waals surface area (Å²) < 4.78 is 11.8. The molecule has 4 aliphatic rings. The van der Waals surface area contributed by atoms with Gasteiger partial charge in [-0.1, -0.05) is 0 Å². The molecule has 4 aliphatic heterocycles. The van der Waals surface area contributed by atoms with Crippen molar-refractivity contribution in [3.8, 4) is 0 Å². The van der Waals surface area contributed by atoms with Crippen LogP contribution in [0.2, 0.25) is 0 Å². The van der Waals surface area contributed by atoms with Crippen LogP contribution in [0.4, 0.5) is 0 Å². The van der Waals surface area contributed by atoms with Gasteiger partial charge in [-0.3, -0.25) is 15.1 Å². The Bertz CT molecular complexity index is 490. The second-order valence-electron chi connectivity index (χ2n) is 10.8. The highest BCUT2D eigenvalue weighted by Crippen LogP contribution is 2.37. The number of ether oxygens (including phenoxy) is 2. The van der Waals surface area contributed by atoms with Gasteiger partial charge < -0.3 is 14.8 Å². The number of likely N-dealkylation sites (tertiary alicyclic amines) is 1. The maximum Gasteiger partial charge on any atom is 0.124 e. The van der Waals surface area contributed by atoms with Gasteiger partial charge in [0, 0.05) is 62.9 Å². The minimum atomic E-state index is 0.0295. The minimum Gasteiger partial charge on any atom is -0.359 e. The minimum absolute atomic E-state index is 0.0295. The maximum atomic E-state index is 6.01. The number of nitrogens with one attached hydrogen (secondary N) is 2. The van der Waals surface area contributed by atoms with Crippen LogP contribution in [-0.2, 0) is 9.47 Å². The van der Waals surface area contributed by atoms with E-state index in [-0.39, 0.29) is 17.0 Å². The zero-order valence-corrected chi connectivity index (χ0v) is 19.2. The van der Waals surface area contributed by atoms with Crippen molar-refractivity contribution in [3.63, 3.8) is 0 Å². The lowest BCUT2D eigenvalue weighted by Gasteiger charge is -2.46. The molecule has 0 amide bonds. The summed E-state index contributed by atoms with van der Waals surface area (Å²) in [5, 5.41) is 6.90. The third-order valence-electron chi connectivity index (χ3n) is 6.82. The first kappa shape index (κ1) is 22.4. The monoisotopic (exact) mass is 396 g/mol. The fourth-order valence-electron chi connectivity index (χ4n) is 5.22. The summed E-state index contributed by atoms with van der Waals surface area (Å²) in [5.41, 5.74) is 0.610. The Morgan fingerprint density at radius 1 is 0.714 bits per heavy atom. The number of rotatable bonds is 0. The van der Waals surface area contributed by atoms with Crippen molar-refractivity contribution in [1.82, 2.24) is 20.4 Å². The predicted molar refractivity (Wildman–Crippen MR) is 114 cm³/mol. The van der Waals surface area contributed by atoms with Gasteiger partial charge in [0.05, 0.1) is 13.2 Å². The first-order chi connectivity index (χ1) is 13.1. The van der Waals surface area contributed by atoms with Crippen LogP contribution in [0.5, 0.6) is 0 Å². The molecule has 6 nitrogen and oxygen atoms in total. The molecule has 4 rings (SSSR count). The van der Waals surface area contributed by atoms with E-state index in [0.29, 0.717) is 5.54 Å². The molecule has 4 saturated heterocycles. The van der Waals surface area contributed by atoms with Crippen LogP contribution in [0.3, 0.4) is 0 Å². The van der Waals surface area contributed by atoms with Crippen molar-refractivity contribution in [2.75, 3.05) is 52.5 Å². The second kappa shape index (κ2) is 8.48. The molecule has 0 radical (unpaired) electrons. The number of piperidine rings is 2. The molecule has 0 aromatic carbocycles. The van der Waals surface area contributed by atoms with Gasteiger partial charge in [0.25, 0.3) is 0 Å². The van der Waals surface area contributed by atoms with E-state index in [4.69, 9.17) is 9.47 Å². The fraction of sp³-hybridized carbons (Fsp3) is 1.00. The molecule has 0 saturated carbocycles. The van der Waals surface area contributed by atoms with Crippen LogP contribution in [-0.4, -0.2) is 84.8 Å². The lowest BCUT2D eigenvalue weighted by atomic mass is 9.94. The molecule has 0 aromatic heterocycles. The van der Waals surface area contributed by atoms with Gasteiger partial charge in [0.1, 0.15) is 11.4 Å². The Hall–Kier alpha value is -0.240. The molecule has 2 N–H and O–H groups in total. The molecule has 4 fully saturated rings. The normalized spacial score (nSPS) is 28.5. The van der Waals surface area contributed by atoms with Crippen LogP contribution in [0.25, 0.3) is 0 Å². The summed E-state index contributed by atoms with van der Waals surface area (Å²) in [6.45, 7) is 22.1. The van der Waals surface area contributed by atoms with Crippen LogP contribution in [0, 0.1) is 0 Å². The Kier molecular flexibility index (Phi) is 6.80. The van der Waals surface area contributed by atoms with Crippen molar-refractivity contribution in [3.05, 3.63) is 0 Å². The Morgan fingerprint density at radius 2 is 1.36 bits per heavy atom. The average molecular weight is 397 g/mol. The Morgan fingerprint density at radius 3 is 1.86 bits per heavy atom. The summed E-state index contributed by atoms with van der Waals surface area (Å²) >= 11 is 0. The predicted octanol–water partition coefficient (Wildman–Crippen LogP) is 2.39. The zero-order chi connectivity index (χ0) is 20.5. The van der Waals surface area contributed by atoms with Gasteiger partial charge in [-0.2, -0.15) is 0 Å². The van der Waals surface area contributed by atoms with Crippen LogP contribution in [0.1, 0.15) is 67.2 Å². The largest absolute Gasteiger partial charge is 0.359 e. The van der Waals surface area contributed by atoms with E-state index >= 15 is 0 Å². The summed E-state index contributed by atoms with van der Waals surface area (Å²) in [4.78, 5) is 5.09. The lowest BCUT2D eigenvalue weighted by molar-refractivity contribution is -0.131. The maximum absolute atomic E-state index is 6.01. The Balaban J connectivity index is 0.000000161. The first-order valence-electron chi connectivity index (χ1n) is 11.3. The van der Waals surface area contributed by atoms with E-state index in [2.05, 4.69) is 62.0 Å². The standard InChI is InChI=1S/2C11H22N2O/c1-10(2,3)13-7-4-11(5-8-13)12-6-9-14-11;1-10(2,3)13-8-9-14-11(13)4-6-12-7-5-11/h2*12H,4-9H2,1-3H3. The quantitative estimate of drug-likeness (QED) is 0.656. The van der Waals surface area contributed by atoms with E-state index in [1.807, 2.05) is 0 Å². The molecular weight excluding hydrogens is 352 g/mol. The highest BCUT2D eigenvalue weighted by molar-refractivity contribution is 4.96. The number of nitrogens with zero attached hydrogens (tertiary/aromatic N) is 2. The molecule has 6 heteroatoms. The highest BCUT2D eigenvalue weighted by atomic mass is 16.5. The van der Waals surface area contributed by atoms with Gasteiger partial charge >= 0.3 is 0 Å². The SMILES string of the molecule is CC(C)(C)N1CCC2(CC1)NCCO2.CC(C)(C)N1CCOC12CCNCC2. The second-order valence-corrected chi connectivity index (χ2v) is 10.8. The van der Waals surface area contributed by atoms with E-state index in [9.17, 15) is 0 Å². The summed E-state index contributed by atoms with van der Waals surface area (Å²) in [7, 11) is 0. The van der Waals surface area contributed by atoms with Crippen LogP contribution < -0.4 is 10.6 Å². The molecule has 4 heterocycles. The summed E-state index contributed by atoms with van der Waals surface area (Å²) in [6.07, 6.45) is 4.52. The Labute approximate surface area is 172 Å².